The van der Waals surface area contributed by atoms with Crippen LogP contribution in [0.2, 0.25) is 10.2 Å². The number of amides is 1. The molecule has 5 nitrogen and oxygen atoms in total. The standard InChI is InChI=1S/C11H12Cl2N2O3/c1-11(2,10(17)18)5-15-9(16)6-3-8(13)14-4-7(6)12/h3-4H,5H2,1-2H3,(H,15,16)(H,17,18). The first-order valence-corrected chi connectivity index (χ1v) is 5.82. The lowest BCUT2D eigenvalue weighted by atomic mass is 9.94. The lowest BCUT2D eigenvalue weighted by Crippen LogP contribution is -2.39. The molecule has 1 aromatic heterocycles. The number of carboxylic acids is 1. The van der Waals surface area contributed by atoms with Gasteiger partial charge in [-0.3, -0.25) is 9.59 Å². The van der Waals surface area contributed by atoms with Crippen molar-refractivity contribution in [3.8, 4) is 0 Å². The second-order valence-electron chi connectivity index (χ2n) is 4.36. The molecule has 1 amide bonds. The van der Waals surface area contributed by atoms with Crippen LogP contribution in [0.4, 0.5) is 0 Å². The number of carboxylic acid groups (broad SMARTS) is 1. The number of hydrogen-bond donors (Lipinski definition) is 2. The number of nitrogens with one attached hydrogen (secondary N) is 1. The average Bonchev–Trinajstić information content (AvgIpc) is 2.29. The van der Waals surface area contributed by atoms with E-state index < -0.39 is 17.3 Å². The molecule has 1 aromatic rings. The Labute approximate surface area is 114 Å². The normalized spacial score (nSPS) is 11.1. The molecule has 0 spiro atoms. The summed E-state index contributed by atoms with van der Waals surface area (Å²) in [5.74, 6) is -1.49. The molecule has 2 N–H and O–H groups in total. The molecule has 0 unspecified atom stereocenters. The fourth-order valence-electron chi connectivity index (χ4n) is 1.06. The third-order valence-corrected chi connectivity index (χ3v) is 2.84. The predicted octanol–water partition coefficient (Wildman–Crippen LogP) is 2.23. The minimum atomic E-state index is -1.06. The highest BCUT2D eigenvalue weighted by Crippen LogP contribution is 2.19. The van der Waals surface area contributed by atoms with Crippen molar-refractivity contribution in [1.29, 1.82) is 0 Å². The number of aliphatic carboxylic acids is 1. The summed E-state index contributed by atoms with van der Waals surface area (Å²) in [6.45, 7) is 3.00. The van der Waals surface area contributed by atoms with Crippen molar-refractivity contribution in [2.24, 2.45) is 5.41 Å². The Balaban J connectivity index is 2.78. The van der Waals surface area contributed by atoms with Gasteiger partial charge in [-0.2, -0.15) is 0 Å². The van der Waals surface area contributed by atoms with Crippen LogP contribution in [0, 0.1) is 5.41 Å². The first-order chi connectivity index (χ1) is 8.24. The number of rotatable bonds is 4. The molecular formula is C11H12Cl2N2O3. The Kier molecular flexibility index (Phi) is 4.53. The van der Waals surface area contributed by atoms with Crippen LogP contribution in [0.15, 0.2) is 12.3 Å². The zero-order valence-corrected chi connectivity index (χ0v) is 11.3. The molecule has 0 saturated heterocycles. The van der Waals surface area contributed by atoms with E-state index in [9.17, 15) is 9.59 Å². The first kappa shape index (κ1) is 14.7. The van der Waals surface area contributed by atoms with E-state index in [1.807, 2.05) is 0 Å². The van der Waals surface area contributed by atoms with Gasteiger partial charge in [-0.05, 0) is 19.9 Å². The van der Waals surface area contributed by atoms with Crippen LogP contribution >= 0.6 is 23.2 Å². The van der Waals surface area contributed by atoms with Gasteiger partial charge in [0.25, 0.3) is 5.91 Å². The number of nitrogens with zero attached hydrogens (tertiary/aromatic N) is 1. The summed E-state index contributed by atoms with van der Waals surface area (Å²) in [7, 11) is 0. The molecule has 0 aliphatic heterocycles. The summed E-state index contributed by atoms with van der Waals surface area (Å²) in [6, 6.07) is 1.33. The minimum absolute atomic E-state index is 0.0164. The Morgan fingerprint density at radius 1 is 1.44 bits per heavy atom. The molecular weight excluding hydrogens is 279 g/mol. The van der Waals surface area contributed by atoms with Crippen molar-refractivity contribution in [3.05, 3.63) is 28.0 Å². The highest BCUT2D eigenvalue weighted by atomic mass is 35.5. The van der Waals surface area contributed by atoms with Crippen LogP contribution in [-0.2, 0) is 4.79 Å². The summed E-state index contributed by atoms with van der Waals surface area (Å²) < 4.78 is 0. The Hall–Kier alpha value is -1.33. The number of carbonyl (C=O) groups is 2. The molecule has 0 aliphatic rings. The van der Waals surface area contributed by atoms with Gasteiger partial charge in [-0.25, -0.2) is 4.98 Å². The fraction of sp³-hybridized carbons (Fsp3) is 0.364. The third-order valence-electron chi connectivity index (χ3n) is 2.34. The first-order valence-electron chi connectivity index (χ1n) is 5.06. The maximum absolute atomic E-state index is 11.8. The molecule has 1 heterocycles. The Morgan fingerprint density at radius 3 is 2.61 bits per heavy atom. The van der Waals surface area contributed by atoms with Crippen molar-refractivity contribution >= 4 is 35.1 Å². The van der Waals surface area contributed by atoms with Crippen molar-refractivity contribution < 1.29 is 14.7 Å². The summed E-state index contributed by atoms with van der Waals surface area (Å²) in [5.41, 5.74) is -0.892. The largest absolute Gasteiger partial charge is 0.481 e. The van der Waals surface area contributed by atoms with Crippen molar-refractivity contribution in [3.63, 3.8) is 0 Å². The Morgan fingerprint density at radius 2 is 2.06 bits per heavy atom. The van der Waals surface area contributed by atoms with Crippen LogP contribution in [0.1, 0.15) is 24.2 Å². The van der Waals surface area contributed by atoms with E-state index in [0.717, 1.165) is 0 Å². The van der Waals surface area contributed by atoms with Gasteiger partial charge >= 0.3 is 5.97 Å². The van der Waals surface area contributed by atoms with E-state index in [-0.39, 0.29) is 22.3 Å². The second kappa shape index (κ2) is 5.54. The highest BCUT2D eigenvalue weighted by Gasteiger charge is 2.28. The van der Waals surface area contributed by atoms with Crippen LogP contribution in [0.3, 0.4) is 0 Å². The summed E-state index contributed by atoms with van der Waals surface area (Å²) in [5, 5.41) is 11.7. The summed E-state index contributed by atoms with van der Waals surface area (Å²) in [6.07, 6.45) is 1.27. The smallest absolute Gasteiger partial charge is 0.310 e. The third kappa shape index (κ3) is 3.58. The maximum atomic E-state index is 11.8. The fourth-order valence-corrected chi connectivity index (χ4v) is 1.41. The molecule has 7 heteroatoms. The molecule has 0 radical (unpaired) electrons. The number of carbonyl (C=O) groups excluding carboxylic acids is 1. The SMILES string of the molecule is CC(C)(CNC(=O)c1cc(Cl)ncc1Cl)C(=O)O. The van der Waals surface area contributed by atoms with Crippen LogP contribution in [0.5, 0.6) is 0 Å². The summed E-state index contributed by atoms with van der Waals surface area (Å²) in [4.78, 5) is 26.4. The molecule has 98 valence electrons. The number of pyridine rings is 1. The Bertz CT molecular complexity index is 489. The van der Waals surface area contributed by atoms with Gasteiger partial charge in [-0.15, -0.1) is 0 Å². The number of aromatic nitrogens is 1. The number of halogens is 2. The van der Waals surface area contributed by atoms with Crippen molar-refractivity contribution in [1.82, 2.24) is 10.3 Å². The minimum Gasteiger partial charge on any atom is -0.481 e. The van der Waals surface area contributed by atoms with Crippen LogP contribution in [0.25, 0.3) is 0 Å². The van der Waals surface area contributed by atoms with Crippen LogP contribution < -0.4 is 5.32 Å². The molecule has 0 saturated carbocycles. The summed E-state index contributed by atoms with van der Waals surface area (Å²) >= 11 is 11.5. The van der Waals surface area contributed by atoms with Gasteiger partial charge < -0.3 is 10.4 Å². The van der Waals surface area contributed by atoms with Gasteiger partial charge in [0, 0.05) is 12.7 Å². The van der Waals surface area contributed by atoms with E-state index in [1.165, 1.54) is 26.1 Å². The van der Waals surface area contributed by atoms with Crippen molar-refractivity contribution in [2.75, 3.05) is 6.54 Å². The monoisotopic (exact) mass is 290 g/mol. The molecule has 0 aromatic carbocycles. The van der Waals surface area contributed by atoms with Gasteiger partial charge in [0.1, 0.15) is 5.15 Å². The average molecular weight is 291 g/mol. The zero-order valence-electron chi connectivity index (χ0n) is 9.83. The molecule has 0 fully saturated rings. The molecule has 18 heavy (non-hydrogen) atoms. The van der Waals surface area contributed by atoms with E-state index in [0.29, 0.717) is 0 Å². The van der Waals surface area contributed by atoms with Crippen LogP contribution in [-0.4, -0.2) is 28.5 Å². The predicted molar refractivity (Wildman–Crippen MR) is 68.0 cm³/mol. The van der Waals surface area contributed by atoms with Gasteiger partial charge in [0.15, 0.2) is 0 Å². The van der Waals surface area contributed by atoms with E-state index in [4.69, 9.17) is 28.3 Å². The molecule has 1 rings (SSSR count). The molecule has 0 atom stereocenters. The highest BCUT2D eigenvalue weighted by molar-refractivity contribution is 6.35. The zero-order chi connectivity index (χ0) is 13.9. The quantitative estimate of drug-likeness (QED) is 0.834. The number of hydrogen-bond acceptors (Lipinski definition) is 3. The lowest BCUT2D eigenvalue weighted by Gasteiger charge is -2.19. The van der Waals surface area contributed by atoms with Gasteiger partial charge in [0.2, 0.25) is 0 Å². The topological polar surface area (TPSA) is 79.3 Å². The molecule has 0 aliphatic carbocycles. The molecule has 0 bridgehead atoms. The lowest BCUT2D eigenvalue weighted by molar-refractivity contribution is -0.146. The maximum Gasteiger partial charge on any atom is 0.310 e. The van der Waals surface area contributed by atoms with Crippen molar-refractivity contribution in [2.45, 2.75) is 13.8 Å². The van der Waals surface area contributed by atoms with E-state index in [2.05, 4.69) is 10.3 Å². The van der Waals surface area contributed by atoms with E-state index >= 15 is 0 Å². The van der Waals surface area contributed by atoms with E-state index in [1.54, 1.807) is 0 Å². The van der Waals surface area contributed by atoms with Gasteiger partial charge in [0.05, 0.1) is 16.0 Å². The van der Waals surface area contributed by atoms with Gasteiger partial charge in [-0.1, -0.05) is 23.2 Å². The second-order valence-corrected chi connectivity index (χ2v) is 5.15.